The number of fused-ring (bicyclic) bond motifs is 2. The number of hydrogen-bond donors (Lipinski definition) is 1. The SMILES string of the molecule is O=C(O)C(F)(F)F.O=C1OC2(CCN(c3ccc(OCCCN4CCCCC4)cc3)CC2)c2ccncc21. The van der Waals surface area contributed by atoms with E-state index in [0.717, 1.165) is 56.8 Å². The number of aromatic nitrogens is 1. The maximum absolute atomic E-state index is 12.2. The second kappa shape index (κ2) is 12.0. The highest BCUT2D eigenvalue weighted by Crippen LogP contribution is 2.44. The van der Waals surface area contributed by atoms with Crippen LogP contribution in [0, 0.1) is 0 Å². The van der Waals surface area contributed by atoms with Gasteiger partial charge in [-0.25, -0.2) is 9.59 Å². The normalized spacial score (nSPS) is 18.8. The average molecular weight is 536 g/mol. The van der Waals surface area contributed by atoms with Crippen molar-refractivity contribution < 1.29 is 37.3 Å². The highest BCUT2D eigenvalue weighted by molar-refractivity contribution is 5.94. The van der Waals surface area contributed by atoms with E-state index in [4.69, 9.17) is 19.4 Å². The van der Waals surface area contributed by atoms with Crippen molar-refractivity contribution in [3.05, 3.63) is 53.9 Å². The third kappa shape index (κ3) is 6.75. The third-order valence-electron chi connectivity index (χ3n) is 7.17. The number of anilines is 1. The quantitative estimate of drug-likeness (QED) is 0.423. The third-order valence-corrected chi connectivity index (χ3v) is 7.17. The lowest BCUT2D eigenvalue weighted by Crippen LogP contribution is -2.42. The second-order valence-corrected chi connectivity index (χ2v) is 9.69. The summed E-state index contributed by atoms with van der Waals surface area (Å²) in [5, 5.41) is 7.12. The molecule has 0 atom stereocenters. The molecule has 2 fully saturated rings. The monoisotopic (exact) mass is 535 g/mol. The lowest BCUT2D eigenvalue weighted by Gasteiger charge is -2.39. The zero-order valence-electron chi connectivity index (χ0n) is 21.1. The van der Waals surface area contributed by atoms with Crippen molar-refractivity contribution in [1.82, 2.24) is 9.88 Å². The number of carboxylic acid groups (broad SMARTS) is 1. The molecule has 0 saturated carbocycles. The van der Waals surface area contributed by atoms with E-state index >= 15 is 0 Å². The molecular weight excluding hydrogens is 503 g/mol. The number of esters is 1. The Morgan fingerprint density at radius 2 is 1.71 bits per heavy atom. The van der Waals surface area contributed by atoms with Gasteiger partial charge in [0.1, 0.15) is 11.4 Å². The fraction of sp³-hybridized carbons (Fsp3) is 0.519. The van der Waals surface area contributed by atoms with E-state index in [1.54, 1.807) is 12.4 Å². The summed E-state index contributed by atoms with van der Waals surface area (Å²) >= 11 is 0. The number of nitrogens with zero attached hydrogens (tertiary/aromatic N) is 3. The summed E-state index contributed by atoms with van der Waals surface area (Å²) in [6.07, 6.45) is 5.02. The largest absolute Gasteiger partial charge is 0.494 e. The van der Waals surface area contributed by atoms with Gasteiger partial charge in [0.25, 0.3) is 0 Å². The average Bonchev–Trinajstić information content (AvgIpc) is 3.19. The van der Waals surface area contributed by atoms with Crippen molar-refractivity contribution in [1.29, 1.82) is 0 Å². The maximum Gasteiger partial charge on any atom is 0.490 e. The number of likely N-dealkylation sites (tertiary alicyclic amines) is 1. The van der Waals surface area contributed by atoms with Gasteiger partial charge in [0.05, 0.1) is 12.2 Å². The molecule has 2 aromatic rings. The van der Waals surface area contributed by atoms with Crippen molar-refractivity contribution in [2.75, 3.05) is 44.2 Å². The summed E-state index contributed by atoms with van der Waals surface area (Å²) in [5.41, 5.74) is 2.33. The van der Waals surface area contributed by atoms with Crippen LogP contribution in [0.3, 0.4) is 0 Å². The zero-order chi connectivity index (χ0) is 27.2. The molecule has 5 rings (SSSR count). The molecule has 2 saturated heterocycles. The van der Waals surface area contributed by atoms with E-state index in [1.807, 2.05) is 6.07 Å². The molecular formula is C27H32F3N3O5. The summed E-state index contributed by atoms with van der Waals surface area (Å²) < 4.78 is 43.5. The molecule has 0 aliphatic carbocycles. The van der Waals surface area contributed by atoms with E-state index in [2.05, 4.69) is 39.0 Å². The van der Waals surface area contributed by atoms with Crippen molar-refractivity contribution in [2.24, 2.45) is 0 Å². The van der Waals surface area contributed by atoms with Crippen molar-refractivity contribution in [2.45, 2.75) is 50.3 Å². The molecule has 0 unspecified atom stereocenters. The highest BCUT2D eigenvalue weighted by Gasteiger charge is 2.47. The molecule has 0 bridgehead atoms. The molecule has 1 aromatic heterocycles. The number of aliphatic carboxylic acids is 1. The van der Waals surface area contributed by atoms with Gasteiger partial charge in [0.2, 0.25) is 0 Å². The minimum absolute atomic E-state index is 0.238. The number of piperidine rings is 2. The first-order chi connectivity index (χ1) is 18.2. The Kier molecular flexibility index (Phi) is 8.76. The van der Waals surface area contributed by atoms with Gasteiger partial charge < -0.3 is 24.4 Å². The minimum atomic E-state index is -5.08. The topological polar surface area (TPSA) is 92.2 Å². The standard InChI is InChI=1S/C25H31N3O3.C2HF3O2/c29-24-22-19-26-12-9-23(22)25(31-24)10-16-28(17-11-25)20-5-7-21(8-6-20)30-18-4-15-27-13-2-1-3-14-27;3-2(4,5)1(6)7/h5-9,12,19H,1-4,10-11,13-18H2;(H,6,7). The van der Waals surface area contributed by atoms with Crippen molar-refractivity contribution in [3.63, 3.8) is 0 Å². The molecule has 38 heavy (non-hydrogen) atoms. The van der Waals surface area contributed by atoms with E-state index in [9.17, 15) is 18.0 Å². The van der Waals surface area contributed by atoms with E-state index < -0.39 is 17.7 Å². The zero-order valence-corrected chi connectivity index (χ0v) is 21.1. The number of pyridine rings is 1. The van der Waals surface area contributed by atoms with Crippen LogP contribution in [0.4, 0.5) is 18.9 Å². The van der Waals surface area contributed by atoms with Crippen LogP contribution < -0.4 is 9.64 Å². The maximum atomic E-state index is 12.2. The molecule has 8 nitrogen and oxygen atoms in total. The Morgan fingerprint density at radius 1 is 1.05 bits per heavy atom. The molecule has 3 aliphatic rings. The Labute approximate surface area is 219 Å². The van der Waals surface area contributed by atoms with Gasteiger partial charge in [-0.3, -0.25) is 4.98 Å². The van der Waals surface area contributed by atoms with Crippen LogP contribution in [0.5, 0.6) is 5.75 Å². The molecule has 1 N–H and O–H groups in total. The predicted octanol–water partition coefficient (Wildman–Crippen LogP) is 4.64. The van der Waals surface area contributed by atoms with Crippen LogP contribution in [-0.2, 0) is 15.1 Å². The Morgan fingerprint density at radius 3 is 2.34 bits per heavy atom. The minimum Gasteiger partial charge on any atom is -0.494 e. The number of carbonyl (C=O) groups excluding carboxylic acids is 1. The van der Waals surface area contributed by atoms with Crippen LogP contribution in [-0.4, -0.2) is 72.4 Å². The predicted molar refractivity (Wildman–Crippen MR) is 133 cm³/mol. The van der Waals surface area contributed by atoms with Gasteiger partial charge >= 0.3 is 18.1 Å². The molecule has 206 valence electrons. The lowest BCUT2D eigenvalue weighted by atomic mass is 9.84. The smallest absolute Gasteiger partial charge is 0.490 e. The highest BCUT2D eigenvalue weighted by atomic mass is 19.4. The van der Waals surface area contributed by atoms with Gasteiger partial charge in [0, 0.05) is 56.1 Å². The van der Waals surface area contributed by atoms with Gasteiger partial charge in [0.15, 0.2) is 0 Å². The van der Waals surface area contributed by atoms with Gasteiger partial charge in [-0.1, -0.05) is 6.42 Å². The van der Waals surface area contributed by atoms with Crippen molar-refractivity contribution >= 4 is 17.6 Å². The van der Waals surface area contributed by atoms with Crippen LogP contribution in [0.2, 0.25) is 0 Å². The summed E-state index contributed by atoms with van der Waals surface area (Å²) in [6, 6.07) is 10.3. The number of ether oxygens (including phenoxy) is 2. The fourth-order valence-corrected chi connectivity index (χ4v) is 5.15. The Hall–Kier alpha value is -3.34. The van der Waals surface area contributed by atoms with Crippen LogP contribution in [0.15, 0.2) is 42.7 Å². The number of carbonyl (C=O) groups is 2. The number of benzene rings is 1. The van der Waals surface area contributed by atoms with E-state index in [-0.39, 0.29) is 5.97 Å². The van der Waals surface area contributed by atoms with E-state index in [1.165, 1.54) is 38.0 Å². The molecule has 0 amide bonds. The van der Waals surface area contributed by atoms with Gasteiger partial charge in [-0.2, -0.15) is 13.2 Å². The Bertz CT molecular complexity index is 1100. The first kappa shape index (κ1) is 27.7. The Balaban J connectivity index is 0.000000426. The first-order valence-corrected chi connectivity index (χ1v) is 12.9. The van der Waals surface area contributed by atoms with Crippen molar-refractivity contribution in [3.8, 4) is 5.75 Å². The number of carboxylic acids is 1. The fourth-order valence-electron chi connectivity index (χ4n) is 5.15. The number of rotatable bonds is 6. The summed E-state index contributed by atoms with van der Waals surface area (Å²) in [6.45, 7) is 6.09. The van der Waals surface area contributed by atoms with Crippen LogP contribution in [0.1, 0.15) is 54.4 Å². The number of hydrogen-bond acceptors (Lipinski definition) is 7. The molecule has 11 heteroatoms. The van der Waals surface area contributed by atoms with Gasteiger partial charge in [-0.05, 0) is 62.7 Å². The molecule has 1 spiro atoms. The lowest BCUT2D eigenvalue weighted by molar-refractivity contribution is -0.192. The van der Waals surface area contributed by atoms with Gasteiger partial charge in [-0.15, -0.1) is 0 Å². The summed E-state index contributed by atoms with van der Waals surface area (Å²) in [7, 11) is 0. The molecule has 1 aromatic carbocycles. The van der Waals surface area contributed by atoms with Crippen LogP contribution in [0.25, 0.3) is 0 Å². The number of alkyl halides is 3. The summed E-state index contributed by atoms with van der Waals surface area (Å²) in [4.78, 5) is 30.1. The first-order valence-electron chi connectivity index (χ1n) is 12.9. The number of halogens is 3. The van der Waals surface area contributed by atoms with Crippen LogP contribution >= 0.6 is 0 Å². The molecule has 0 radical (unpaired) electrons. The second-order valence-electron chi connectivity index (χ2n) is 9.69. The summed E-state index contributed by atoms with van der Waals surface area (Å²) in [5.74, 6) is -2.06. The molecule has 4 heterocycles. The van der Waals surface area contributed by atoms with E-state index in [0.29, 0.717) is 5.56 Å². The molecule has 3 aliphatic heterocycles.